The van der Waals surface area contributed by atoms with Gasteiger partial charge in [0.25, 0.3) is 0 Å². The molecule has 4 aliphatic heterocycles. The van der Waals surface area contributed by atoms with E-state index >= 15 is 0 Å². The number of imidazole rings is 1. The van der Waals surface area contributed by atoms with Crippen LogP contribution in [0.5, 0.6) is 0 Å². The first-order chi connectivity index (χ1) is 14.1. The fraction of sp³-hybridized carbons (Fsp3) is 0.682. The van der Waals surface area contributed by atoms with Crippen molar-refractivity contribution >= 4 is 11.8 Å². The maximum Gasteiger partial charge on any atom is 0.229 e. The number of aromatic nitrogens is 2. The standard InChI is InChI=1S/C22H28N4O3/c1-24-13-22-7-4-16(29-22)17(18(22)21(24)28)20(27)25-9-5-15(6-10-25)19-23-8-11-26(19)12-14-2-3-14/h4,7-8,11,14-18H,2-3,5-6,9-10,12-13H2,1H3/t16-,17-,18+,22-/m0/s1. The van der Waals surface area contributed by atoms with Gasteiger partial charge in [0.05, 0.1) is 24.5 Å². The van der Waals surface area contributed by atoms with Crippen LogP contribution < -0.4 is 0 Å². The smallest absolute Gasteiger partial charge is 0.229 e. The second-order valence-corrected chi connectivity index (χ2v) is 9.58. The van der Waals surface area contributed by atoms with E-state index in [1.807, 2.05) is 23.2 Å². The Kier molecular flexibility index (Phi) is 3.77. The fourth-order valence-corrected chi connectivity index (χ4v) is 5.96. The van der Waals surface area contributed by atoms with Gasteiger partial charge >= 0.3 is 0 Å². The summed E-state index contributed by atoms with van der Waals surface area (Å²) in [6, 6.07) is 0. The van der Waals surface area contributed by atoms with Crippen molar-refractivity contribution in [3.8, 4) is 0 Å². The molecule has 0 aromatic carbocycles. The van der Waals surface area contributed by atoms with E-state index in [1.54, 1.807) is 11.9 Å². The molecule has 7 nitrogen and oxygen atoms in total. The minimum atomic E-state index is -0.581. The summed E-state index contributed by atoms with van der Waals surface area (Å²) in [4.78, 5) is 34.5. The zero-order chi connectivity index (χ0) is 19.8. The van der Waals surface area contributed by atoms with Crippen molar-refractivity contribution in [1.29, 1.82) is 0 Å². The van der Waals surface area contributed by atoms with Crippen molar-refractivity contribution in [2.45, 2.75) is 49.9 Å². The number of likely N-dealkylation sites (tertiary alicyclic amines) is 2. The van der Waals surface area contributed by atoms with Gasteiger partial charge in [0, 0.05) is 45.0 Å². The van der Waals surface area contributed by atoms with Gasteiger partial charge in [-0.2, -0.15) is 0 Å². The van der Waals surface area contributed by atoms with Gasteiger partial charge in [0.2, 0.25) is 11.8 Å². The van der Waals surface area contributed by atoms with Gasteiger partial charge in [0.1, 0.15) is 11.4 Å². The zero-order valence-electron chi connectivity index (χ0n) is 16.9. The lowest BCUT2D eigenvalue weighted by Crippen LogP contribution is -2.48. The van der Waals surface area contributed by atoms with Gasteiger partial charge in [-0.05, 0) is 31.6 Å². The molecule has 7 heteroatoms. The number of amides is 2. The van der Waals surface area contributed by atoms with Crippen LogP contribution in [0, 0.1) is 17.8 Å². The van der Waals surface area contributed by atoms with E-state index in [0.717, 1.165) is 38.4 Å². The molecular weight excluding hydrogens is 368 g/mol. The van der Waals surface area contributed by atoms with E-state index < -0.39 is 5.60 Å². The summed E-state index contributed by atoms with van der Waals surface area (Å²) in [5, 5.41) is 0. The molecule has 1 aromatic heterocycles. The number of hydrogen-bond acceptors (Lipinski definition) is 4. The van der Waals surface area contributed by atoms with E-state index in [1.165, 1.54) is 18.7 Å². The summed E-state index contributed by atoms with van der Waals surface area (Å²) in [5.41, 5.74) is -0.581. The molecule has 5 aliphatic rings. The summed E-state index contributed by atoms with van der Waals surface area (Å²) < 4.78 is 8.48. The first-order valence-corrected chi connectivity index (χ1v) is 11.0. The van der Waals surface area contributed by atoms with Crippen LogP contribution in [0.4, 0.5) is 0 Å². The average molecular weight is 396 g/mol. The Morgan fingerprint density at radius 3 is 2.83 bits per heavy atom. The second-order valence-electron chi connectivity index (χ2n) is 9.58. The normalized spacial score (nSPS) is 36.3. The maximum absolute atomic E-state index is 13.4. The lowest BCUT2D eigenvalue weighted by molar-refractivity contribution is -0.143. The van der Waals surface area contributed by atoms with Gasteiger partial charge < -0.3 is 19.1 Å². The largest absolute Gasteiger partial charge is 0.360 e. The van der Waals surface area contributed by atoms with Crippen molar-refractivity contribution < 1.29 is 14.3 Å². The van der Waals surface area contributed by atoms with Crippen LogP contribution in [0.2, 0.25) is 0 Å². The third-order valence-electron chi connectivity index (χ3n) is 7.65. The SMILES string of the molecule is CN1C[C@]23C=C[C@H](O2)[C@H](C(=O)N2CCC(c4nccn4CC4CC4)CC2)[C@@H]3C1=O. The van der Waals surface area contributed by atoms with E-state index in [2.05, 4.69) is 15.7 Å². The van der Waals surface area contributed by atoms with E-state index in [4.69, 9.17) is 4.74 Å². The van der Waals surface area contributed by atoms with Gasteiger partial charge in [0.15, 0.2) is 0 Å². The molecule has 1 aromatic rings. The second kappa shape index (κ2) is 6.17. The van der Waals surface area contributed by atoms with Crippen molar-refractivity contribution in [3.63, 3.8) is 0 Å². The highest BCUT2D eigenvalue weighted by atomic mass is 16.5. The monoisotopic (exact) mass is 396 g/mol. The molecule has 29 heavy (non-hydrogen) atoms. The van der Waals surface area contributed by atoms with Crippen LogP contribution in [0.25, 0.3) is 0 Å². The highest BCUT2D eigenvalue weighted by Crippen LogP contribution is 2.52. The number of fused-ring (bicyclic) bond motifs is 1. The number of hydrogen-bond donors (Lipinski definition) is 0. The number of carbonyl (C=O) groups excluding carboxylic acids is 2. The van der Waals surface area contributed by atoms with Gasteiger partial charge in [-0.1, -0.05) is 12.2 Å². The number of carbonyl (C=O) groups is 2. The third-order valence-corrected chi connectivity index (χ3v) is 7.65. The van der Waals surface area contributed by atoms with Crippen molar-refractivity contribution in [2.75, 3.05) is 26.7 Å². The van der Waals surface area contributed by atoms with Crippen molar-refractivity contribution in [3.05, 3.63) is 30.4 Å². The minimum absolute atomic E-state index is 0.0483. The average Bonchev–Trinajstić information content (AvgIpc) is 3.05. The molecule has 3 saturated heterocycles. The van der Waals surface area contributed by atoms with Crippen LogP contribution in [-0.4, -0.2) is 69.6 Å². The quantitative estimate of drug-likeness (QED) is 0.722. The zero-order valence-corrected chi connectivity index (χ0v) is 16.9. The van der Waals surface area contributed by atoms with Crippen molar-refractivity contribution in [2.24, 2.45) is 17.8 Å². The molecule has 2 amide bonds. The van der Waals surface area contributed by atoms with Crippen molar-refractivity contribution in [1.82, 2.24) is 19.4 Å². The summed E-state index contributed by atoms with van der Waals surface area (Å²) in [5.74, 6) is 1.83. The summed E-state index contributed by atoms with van der Waals surface area (Å²) >= 11 is 0. The number of likely N-dealkylation sites (N-methyl/N-ethyl adjacent to an activating group) is 1. The lowest BCUT2D eigenvalue weighted by atomic mass is 9.76. The summed E-state index contributed by atoms with van der Waals surface area (Å²) in [6.07, 6.45) is 12.3. The molecule has 5 heterocycles. The molecule has 1 spiro atoms. The van der Waals surface area contributed by atoms with Crippen LogP contribution in [0.15, 0.2) is 24.5 Å². The van der Waals surface area contributed by atoms with E-state index in [0.29, 0.717) is 12.5 Å². The van der Waals surface area contributed by atoms with Crippen LogP contribution in [0.1, 0.15) is 37.4 Å². The van der Waals surface area contributed by atoms with Crippen LogP contribution >= 0.6 is 0 Å². The molecule has 2 bridgehead atoms. The Hall–Kier alpha value is -2.15. The van der Waals surface area contributed by atoms with Gasteiger partial charge in [-0.3, -0.25) is 9.59 Å². The van der Waals surface area contributed by atoms with Gasteiger partial charge in [-0.25, -0.2) is 4.98 Å². The van der Waals surface area contributed by atoms with Gasteiger partial charge in [-0.15, -0.1) is 0 Å². The highest BCUT2D eigenvalue weighted by molar-refractivity contribution is 5.92. The topological polar surface area (TPSA) is 67.7 Å². The summed E-state index contributed by atoms with van der Waals surface area (Å²) in [7, 11) is 1.80. The Morgan fingerprint density at radius 2 is 2.07 bits per heavy atom. The first-order valence-electron chi connectivity index (χ1n) is 11.0. The molecule has 0 unspecified atom stereocenters. The molecule has 154 valence electrons. The molecule has 1 aliphatic carbocycles. The predicted molar refractivity (Wildman–Crippen MR) is 105 cm³/mol. The fourth-order valence-electron chi connectivity index (χ4n) is 5.96. The van der Waals surface area contributed by atoms with E-state index in [-0.39, 0.29) is 29.8 Å². The molecular formula is C22H28N4O3. The predicted octanol–water partition coefficient (Wildman–Crippen LogP) is 1.41. The van der Waals surface area contributed by atoms with E-state index in [9.17, 15) is 9.59 Å². The number of nitrogens with zero attached hydrogens (tertiary/aromatic N) is 4. The number of piperidine rings is 1. The molecule has 0 radical (unpaired) electrons. The maximum atomic E-state index is 13.4. The van der Waals surface area contributed by atoms with Crippen LogP contribution in [-0.2, 0) is 20.9 Å². The Labute approximate surface area is 170 Å². The Balaban J connectivity index is 1.15. The molecule has 4 atom stereocenters. The first kappa shape index (κ1) is 17.7. The lowest BCUT2D eigenvalue weighted by Gasteiger charge is -2.35. The minimum Gasteiger partial charge on any atom is -0.360 e. The third kappa shape index (κ3) is 2.62. The molecule has 1 saturated carbocycles. The molecule has 0 N–H and O–H groups in total. The molecule has 6 rings (SSSR count). The number of rotatable bonds is 4. The Morgan fingerprint density at radius 1 is 1.28 bits per heavy atom. The Bertz CT molecular complexity index is 882. The highest BCUT2D eigenvalue weighted by Gasteiger charge is 2.66. The number of ether oxygens (including phenoxy) is 1. The summed E-state index contributed by atoms with van der Waals surface area (Å²) in [6.45, 7) is 3.10. The molecule has 4 fully saturated rings. The van der Waals surface area contributed by atoms with Crippen LogP contribution in [0.3, 0.4) is 0 Å².